The number of likely N-dealkylation sites (tertiary alicyclic amines) is 1. The van der Waals surface area contributed by atoms with Gasteiger partial charge in [0.05, 0.1) is 11.8 Å². The highest BCUT2D eigenvalue weighted by molar-refractivity contribution is 5.81. The number of piperidine rings is 2. The van der Waals surface area contributed by atoms with Crippen molar-refractivity contribution in [3.05, 3.63) is 60.0 Å². The molecule has 0 aliphatic carbocycles. The topological polar surface area (TPSA) is 112 Å². The van der Waals surface area contributed by atoms with Crippen LogP contribution < -0.4 is 10.2 Å². The second-order valence-corrected chi connectivity index (χ2v) is 10.6. The van der Waals surface area contributed by atoms with E-state index >= 15 is 0 Å². The Hall–Kier alpha value is -4.22. The van der Waals surface area contributed by atoms with Gasteiger partial charge in [-0.2, -0.15) is 13.2 Å². The normalized spacial score (nSPS) is 19.6. The number of aryl methyl sites for hydroxylation is 1. The number of hydrogen-bond donors (Lipinski definition) is 2. The van der Waals surface area contributed by atoms with Gasteiger partial charge in [0.1, 0.15) is 11.5 Å². The first-order valence-corrected chi connectivity index (χ1v) is 13.6. The maximum Gasteiger partial charge on any atom is 0.433 e. The van der Waals surface area contributed by atoms with Crippen LogP contribution in [0.1, 0.15) is 36.9 Å². The number of aliphatic carboxylic acids is 1. The van der Waals surface area contributed by atoms with Gasteiger partial charge in [0.25, 0.3) is 0 Å². The van der Waals surface area contributed by atoms with Crippen molar-refractivity contribution in [3.63, 3.8) is 0 Å². The van der Waals surface area contributed by atoms with E-state index in [1.165, 1.54) is 0 Å². The summed E-state index contributed by atoms with van der Waals surface area (Å²) in [6.45, 7) is 4.04. The summed E-state index contributed by atoms with van der Waals surface area (Å²) in [5.74, 6) is -0.948. The lowest BCUT2D eigenvalue weighted by molar-refractivity contribution is -0.147. The molecule has 12 heteroatoms. The van der Waals surface area contributed by atoms with Crippen LogP contribution in [-0.2, 0) is 15.8 Å². The predicted octanol–water partition coefficient (Wildman–Crippen LogP) is 5.15. The van der Waals surface area contributed by atoms with Crippen LogP contribution in [0.5, 0.6) is 0 Å². The Morgan fingerprint density at radius 3 is 2.49 bits per heavy atom. The molecule has 41 heavy (non-hydrogen) atoms. The van der Waals surface area contributed by atoms with Crippen molar-refractivity contribution >= 4 is 29.3 Å². The summed E-state index contributed by atoms with van der Waals surface area (Å²) in [6.07, 6.45) is 1.13. The largest absolute Gasteiger partial charge is 0.481 e. The van der Waals surface area contributed by atoms with Crippen molar-refractivity contribution in [3.8, 4) is 11.1 Å². The number of alkyl halides is 3. The number of carbonyl (C=O) groups is 2. The molecule has 0 saturated carbocycles. The predicted molar refractivity (Wildman–Crippen MR) is 147 cm³/mol. The average Bonchev–Trinajstić information content (AvgIpc) is 2.96. The molecule has 2 atom stereocenters. The molecule has 216 valence electrons. The summed E-state index contributed by atoms with van der Waals surface area (Å²) in [7, 11) is 0. The number of nitrogens with zero attached hydrogens (tertiary/aromatic N) is 5. The third-order valence-corrected chi connectivity index (χ3v) is 7.54. The minimum absolute atomic E-state index is 0.0156. The van der Waals surface area contributed by atoms with E-state index in [9.17, 15) is 27.9 Å². The standard InChI is InChI=1S/C29H31F3N6O3/c1-18-12-22(14-23(13-18)35-28-33-9-8-24(36-28)29(30,31)32)19-6-7-25(34-15-19)37-10-2-4-20(16-37)26(39)38-11-3-5-21(17-38)27(40)41/h6-9,12-15,20-21H,2-5,10-11,16-17H2,1H3,(H,40,41)(H,33,35,36)/t20-,21+/m1/s1. The monoisotopic (exact) mass is 568 g/mol. The zero-order valence-electron chi connectivity index (χ0n) is 22.6. The molecule has 2 aromatic heterocycles. The Balaban J connectivity index is 1.27. The number of rotatable bonds is 6. The van der Waals surface area contributed by atoms with E-state index < -0.39 is 23.8 Å². The fraction of sp³-hybridized carbons (Fsp3) is 0.414. The van der Waals surface area contributed by atoms with Crippen molar-refractivity contribution in [2.75, 3.05) is 36.4 Å². The van der Waals surface area contributed by atoms with Crippen LogP contribution in [0.3, 0.4) is 0 Å². The van der Waals surface area contributed by atoms with Gasteiger partial charge in [0, 0.05) is 49.8 Å². The van der Waals surface area contributed by atoms with Crippen LogP contribution in [0.25, 0.3) is 11.1 Å². The van der Waals surface area contributed by atoms with E-state index in [-0.39, 0.29) is 24.3 Å². The van der Waals surface area contributed by atoms with Gasteiger partial charge in [-0.1, -0.05) is 6.07 Å². The number of benzene rings is 1. The Morgan fingerprint density at radius 2 is 1.76 bits per heavy atom. The summed E-state index contributed by atoms with van der Waals surface area (Å²) in [4.78, 5) is 40.6. The maximum atomic E-state index is 13.2. The van der Waals surface area contributed by atoms with Crippen molar-refractivity contribution in [2.24, 2.45) is 11.8 Å². The lowest BCUT2D eigenvalue weighted by Gasteiger charge is -2.38. The van der Waals surface area contributed by atoms with Gasteiger partial charge in [-0.25, -0.2) is 15.0 Å². The molecule has 1 amide bonds. The molecule has 2 aliphatic rings. The highest BCUT2D eigenvalue weighted by Gasteiger charge is 2.34. The molecule has 1 aromatic carbocycles. The van der Waals surface area contributed by atoms with Crippen molar-refractivity contribution in [2.45, 2.75) is 38.8 Å². The molecule has 9 nitrogen and oxygen atoms in total. The van der Waals surface area contributed by atoms with Crippen LogP contribution in [-0.4, -0.2) is 63.0 Å². The number of anilines is 3. The lowest BCUT2D eigenvalue weighted by Crippen LogP contribution is -2.49. The number of carboxylic acids is 1. The van der Waals surface area contributed by atoms with Crippen LogP contribution in [0.15, 0.2) is 48.8 Å². The van der Waals surface area contributed by atoms with Crippen LogP contribution in [0, 0.1) is 18.8 Å². The summed E-state index contributed by atoms with van der Waals surface area (Å²) in [6, 6.07) is 10.2. The van der Waals surface area contributed by atoms with Crippen LogP contribution >= 0.6 is 0 Å². The van der Waals surface area contributed by atoms with E-state index in [2.05, 4.69) is 25.2 Å². The van der Waals surface area contributed by atoms with Crippen molar-refractivity contribution in [1.82, 2.24) is 19.9 Å². The smallest absolute Gasteiger partial charge is 0.433 e. The Labute approximate surface area is 235 Å². The summed E-state index contributed by atoms with van der Waals surface area (Å²) in [5, 5.41) is 12.2. The maximum absolute atomic E-state index is 13.2. The molecule has 0 bridgehead atoms. The summed E-state index contributed by atoms with van der Waals surface area (Å²) >= 11 is 0. The first kappa shape index (κ1) is 28.3. The average molecular weight is 569 g/mol. The number of aromatic nitrogens is 3. The SMILES string of the molecule is Cc1cc(Nc2nccc(C(F)(F)F)n2)cc(-c2ccc(N3CCC[C@@H](C(=O)N4CCC[C@H](C(=O)O)C4)C3)nc2)c1. The highest BCUT2D eigenvalue weighted by Crippen LogP contribution is 2.31. The van der Waals surface area contributed by atoms with Gasteiger partial charge in [-0.05, 0) is 74.1 Å². The molecule has 3 aromatic rings. The third kappa shape index (κ3) is 6.75. The van der Waals surface area contributed by atoms with Crippen molar-refractivity contribution < 1.29 is 27.9 Å². The minimum Gasteiger partial charge on any atom is -0.481 e. The molecule has 2 fully saturated rings. The number of carbonyl (C=O) groups excluding carboxylic acids is 1. The van der Waals surface area contributed by atoms with E-state index in [4.69, 9.17) is 0 Å². The minimum atomic E-state index is -4.57. The third-order valence-electron chi connectivity index (χ3n) is 7.54. The molecular formula is C29H31F3N6O3. The number of pyridine rings is 1. The molecule has 0 spiro atoms. The van der Waals surface area contributed by atoms with E-state index in [1.807, 2.05) is 25.1 Å². The van der Waals surface area contributed by atoms with Gasteiger partial charge >= 0.3 is 12.1 Å². The Bertz CT molecular complexity index is 1420. The molecule has 5 rings (SSSR count). The number of nitrogens with one attached hydrogen (secondary N) is 1. The molecular weight excluding hydrogens is 537 g/mol. The van der Waals surface area contributed by atoms with Gasteiger partial charge in [-0.3, -0.25) is 9.59 Å². The zero-order chi connectivity index (χ0) is 29.1. The molecule has 2 aliphatic heterocycles. The Morgan fingerprint density at radius 1 is 0.976 bits per heavy atom. The molecule has 0 radical (unpaired) electrons. The lowest BCUT2D eigenvalue weighted by atomic mass is 9.93. The van der Waals surface area contributed by atoms with Crippen molar-refractivity contribution in [1.29, 1.82) is 0 Å². The quantitative estimate of drug-likeness (QED) is 0.420. The van der Waals surface area contributed by atoms with Gasteiger partial charge in [0.15, 0.2) is 0 Å². The molecule has 0 unspecified atom stereocenters. The second-order valence-electron chi connectivity index (χ2n) is 10.6. The second kappa shape index (κ2) is 11.7. The fourth-order valence-corrected chi connectivity index (χ4v) is 5.50. The van der Waals surface area contributed by atoms with Gasteiger partial charge in [-0.15, -0.1) is 0 Å². The number of amides is 1. The number of halogens is 3. The number of carboxylic acid groups (broad SMARTS) is 1. The van der Waals surface area contributed by atoms with E-state index in [1.54, 1.807) is 23.2 Å². The Kier molecular flexibility index (Phi) is 8.09. The van der Waals surface area contributed by atoms with Gasteiger partial charge in [0.2, 0.25) is 11.9 Å². The van der Waals surface area contributed by atoms with Crippen LogP contribution in [0.4, 0.5) is 30.6 Å². The van der Waals surface area contributed by atoms with E-state index in [0.717, 1.165) is 54.2 Å². The molecule has 2 N–H and O–H groups in total. The molecule has 2 saturated heterocycles. The summed E-state index contributed by atoms with van der Waals surface area (Å²) in [5.41, 5.74) is 2.06. The first-order valence-electron chi connectivity index (χ1n) is 13.6. The summed E-state index contributed by atoms with van der Waals surface area (Å²) < 4.78 is 39.1. The van der Waals surface area contributed by atoms with Gasteiger partial charge < -0.3 is 20.2 Å². The zero-order valence-corrected chi connectivity index (χ0v) is 22.6. The van der Waals surface area contributed by atoms with E-state index in [0.29, 0.717) is 31.6 Å². The first-order chi connectivity index (χ1) is 19.6. The molecule has 4 heterocycles. The number of hydrogen-bond acceptors (Lipinski definition) is 7. The fourth-order valence-electron chi connectivity index (χ4n) is 5.50. The highest BCUT2D eigenvalue weighted by atomic mass is 19.4. The van der Waals surface area contributed by atoms with Crippen LogP contribution in [0.2, 0.25) is 0 Å².